The van der Waals surface area contributed by atoms with Crippen molar-refractivity contribution in [1.82, 2.24) is 5.32 Å². The van der Waals surface area contributed by atoms with Crippen LogP contribution in [0, 0.1) is 0 Å². The second-order valence-corrected chi connectivity index (χ2v) is 12.1. The zero-order valence-corrected chi connectivity index (χ0v) is 26.7. The van der Waals surface area contributed by atoms with E-state index in [0.29, 0.717) is 12.8 Å². The molecule has 246 valence electrons. The van der Waals surface area contributed by atoms with Crippen molar-refractivity contribution in [2.45, 2.75) is 142 Å². The lowest BCUT2D eigenvalue weighted by Gasteiger charge is -2.18. The van der Waals surface area contributed by atoms with Gasteiger partial charge < -0.3 is 25.2 Å². The van der Waals surface area contributed by atoms with Crippen LogP contribution in [0.5, 0.6) is 0 Å². The molecule has 0 aliphatic carbocycles. The van der Waals surface area contributed by atoms with Gasteiger partial charge in [0.1, 0.15) is 12.7 Å². The number of aliphatic hydroxyl groups excluding tert-OH is 1. The molecule has 0 aromatic rings. The molecule has 0 aliphatic heterocycles. The summed E-state index contributed by atoms with van der Waals surface area (Å²) >= 11 is 0. The molecule has 42 heavy (non-hydrogen) atoms. The second kappa shape index (κ2) is 26.8. The van der Waals surface area contributed by atoms with Gasteiger partial charge in [0.2, 0.25) is 5.91 Å². The van der Waals surface area contributed by atoms with E-state index in [-0.39, 0.29) is 12.8 Å². The minimum atomic E-state index is -4.71. The number of carboxylic acid groups (broad SMARTS) is 1. The van der Waals surface area contributed by atoms with Gasteiger partial charge in [-0.15, -0.1) is 0 Å². The third-order valence-electron chi connectivity index (χ3n) is 6.52. The van der Waals surface area contributed by atoms with Crippen molar-refractivity contribution >= 4 is 25.7 Å². The van der Waals surface area contributed by atoms with Crippen LogP contribution in [0.2, 0.25) is 0 Å². The molecule has 0 aromatic heterocycles. The number of aliphatic hydroxyl groups is 1. The van der Waals surface area contributed by atoms with Crippen LogP contribution in [0.3, 0.4) is 0 Å². The maximum atomic E-state index is 12.0. The van der Waals surface area contributed by atoms with Gasteiger partial charge in [-0.3, -0.25) is 18.6 Å². The molecular formula is C30H56NO10P. The van der Waals surface area contributed by atoms with Crippen molar-refractivity contribution in [3.05, 3.63) is 12.2 Å². The van der Waals surface area contributed by atoms with E-state index in [2.05, 4.69) is 33.4 Å². The molecule has 0 radical (unpaired) electrons. The fourth-order valence-corrected chi connectivity index (χ4v) is 4.83. The number of phosphoric acid groups is 1. The summed E-state index contributed by atoms with van der Waals surface area (Å²) in [4.78, 5) is 44.4. The zero-order valence-electron chi connectivity index (χ0n) is 25.8. The highest BCUT2D eigenvalue weighted by Gasteiger charge is 2.28. The molecule has 0 bridgehead atoms. The lowest BCUT2D eigenvalue weighted by Crippen LogP contribution is -2.43. The topological polar surface area (TPSA) is 169 Å². The first-order valence-electron chi connectivity index (χ1n) is 15.7. The Morgan fingerprint density at radius 1 is 0.738 bits per heavy atom. The lowest BCUT2D eigenvalue weighted by atomic mass is 10.1. The Morgan fingerprint density at radius 2 is 1.26 bits per heavy atom. The number of hydrogen-bond donors (Lipinski definition) is 4. The normalized spacial score (nSPS) is 14.4. The standard InChI is InChI=1S/C30H56NO10P/c1-3-5-6-7-8-9-10-11-12-13-14-15-16-17-18-19-20-22-29(34)39-23-26(32)24-40-42(37,38)41-25-27(30(35)36)31-28(33)21-4-2/h11-12,26-27,32H,3-10,13-25H2,1-2H3,(H,31,33)(H,35,36)(H,37,38)/b12-11-. The van der Waals surface area contributed by atoms with Crippen LogP contribution >= 0.6 is 7.82 Å². The van der Waals surface area contributed by atoms with Gasteiger partial charge >= 0.3 is 19.8 Å². The fraction of sp³-hybridized carbons (Fsp3) is 0.833. The minimum absolute atomic E-state index is 0.0969. The van der Waals surface area contributed by atoms with E-state index in [1.807, 2.05) is 0 Å². The average molecular weight is 622 g/mol. The third kappa shape index (κ3) is 25.9. The lowest BCUT2D eigenvalue weighted by molar-refractivity contribution is -0.147. The highest BCUT2D eigenvalue weighted by atomic mass is 31.2. The molecular weight excluding hydrogens is 565 g/mol. The number of carbonyl (C=O) groups is 3. The summed E-state index contributed by atoms with van der Waals surface area (Å²) in [5, 5.41) is 21.2. The summed E-state index contributed by atoms with van der Waals surface area (Å²) in [6.07, 6.45) is 21.8. The maximum Gasteiger partial charge on any atom is 0.472 e. The highest BCUT2D eigenvalue weighted by Crippen LogP contribution is 2.43. The van der Waals surface area contributed by atoms with Crippen LogP contribution in [-0.4, -0.2) is 64.9 Å². The number of aliphatic carboxylic acids is 1. The van der Waals surface area contributed by atoms with Crippen LogP contribution < -0.4 is 5.32 Å². The van der Waals surface area contributed by atoms with Gasteiger partial charge in [0.25, 0.3) is 0 Å². The van der Waals surface area contributed by atoms with Crippen molar-refractivity contribution in [3.63, 3.8) is 0 Å². The fourth-order valence-electron chi connectivity index (χ4n) is 4.06. The van der Waals surface area contributed by atoms with E-state index >= 15 is 0 Å². The number of rotatable bonds is 29. The Bertz CT molecular complexity index is 792. The Kier molecular flexibility index (Phi) is 25.7. The smallest absolute Gasteiger partial charge is 0.472 e. The molecule has 0 aliphatic rings. The number of hydrogen-bond acceptors (Lipinski definition) is 8. The van der Waals surface area contributed by atoms with Crippen LogP contribution in [0.4, 0.5) is 0 Å². The summed E-state index contributed by atoms with van der Waals surface area (Å²) in [5.74, 6) is -2.45. The number of amides is 1. The van der Waals surface area contributed by atoms with Crippen LogP contribution in [-0.2, 0) is 32.7 Å². The monoisotopic (exact) mass is 621 g/mol. The van der Waals surface area contributed by atoms with Gasteiger partial charge in [0, 0.05) is 12.8 Å². The van der Waals surface area contributed by atoms with Crippen LogP contribution in [0.1, 0.15) is 129 Å². The molecule has 0 spiro atoms. The Balaban J connectivity index is 3.78. The van der Waals surface area contributed by atoms with Crippen LogP contribution in [0.25, 0.3) is 0 Å². The molecule has 0 aromatic carbocycles. The van der Waals surface area contributed by atoms with Crippen molar-refractivity contribution < 1.29 is 47.8 Å². The molecule has 12 heteroatoms. The predicted octanol–water partition coefficient (Wildman–Crippen LogP) is 6.21. The van der Waals surface area contributed by atoms with E-state index < -0.39 is 57.6 Å². The Labute approximate surface area is 252 Å². The summed E-state index contributed by atoms with van der Waals surface area (Å²) in [7, 11) is -4.71. The van der Waals surface area contributed by atoms with Crippen molar-refractivity contribution in [1.29, 1.82) is 0 Å². The van der Waals surface area contributed by atoms with Gasteiger partial charge in [-0.2, -0.15) is 0 Å². The number of ether oxygens (including phenoxy) is 1. The van der Waals surface area contributed by atoms with Crippen molar-refractivity contribution in [2.75, 3.05) is 19.8 Å². The largest absolute Gasteiger partial charge is 0.480 e. The second-order valence-electron chi connectivity index (χ2n) is 10.6. The Hall–Kier alpha value is -1.78. The van der Waals surface area contributed by atoms with Gasteiger partial charge in [0.05, 0.1) is 13.2 Å². The van der Waals surface area contributed by atoms with Gasteiger partial charge in [-0.1, -0.05) is 90.2 Å². The first-order chi connectivity index (χ1) is 20.1. The number of nitrogens with one attached hydrogen (secondary N) is 1. The van der Waals surface area contributed by atoms with Crippen molar-refractivity contribution in [2.24, 2.45) is 0 Å². The molecule has 3 atom stereocenters. The maximum absolute atomic E-state index is 12.0. The van der Waals surface area contributed by atoms with Crippen LogP contribution in [0.15, 0.2) is 12.2 Å². The highest BCUT2D eigenvalue weighted by molar-refractivity contribution is 7.47. The number of allylic oxidation sites excluding steroid dienone is 2. The quantitative estimate of drug-likeness (QED) is 0.0326. The van der Waals surface area contributed by atoms with E-state index in [1.165, 1.54) is 64.2 Å². The Morgan fingerprint density at radius 3 is 1.81 bits per heavy atom. The molecule has 0 fully saturated rings. The van der Waals surface area contributed by atoms with E-state index in [0.717, 1.165) is 25.7 Å². The van der Waals surface area contributed by atoms with E-state index in [9.17, 15) is 28.9 Å². The van der Waals surface area contributed by atoms with Crippen molar-refractivity contribution in [3.8, 4) is 0 Å². The summed E-state index contributed by atoms with van der Waals surface area (Å²) in [6.45, 7) is 2.09. The number of phosphoric ester groups is 1. The average Bonchev–Trinajstić information content (AvgIpc) is 2.94. The van der Waals surface area contributed by atoms with E-state index in [1.54, 1.807) is 6.92 Å². The molecule has 4 N–H and O–H groups in total. The molecule has 3 unspecified atom stereocenters. The molecule has 0 saturated heterocycles. The molecule has 1 amide bonds. The molecule has 11 nitrogen and oxygen atoms in total. The molecule has 0 heterocycles. The summed E-state index contributed by atoms with van der Waals surface area (Å²) < 4.78 is 26.2. The number of carbonyl (C=O) groups excluding carboxylic acids is 2. The van der Waals surface area contributed by atoms with E-state index in [4.69, 9.17) is 9.84 Å². The number of esters is 1. The predicted molar refractivity (Wildman–Crippen MR) is 162 cm³/mol. The first kappa shape index (κ1) is 40.2. The zero-order chi connectivity index (χ0) is 31.5. The van der Waals surface area contributed by atoms with Gasteiger partial charge in [-0.05, 0) is 38.5 Å². The van der Waals surface area contributed by atoms with Gasteiger partial charge in [0.15, 0.2) is 6.04 Å². The number of unbranched alkanes of at least 4 members (excludes halogenated alkanes) is 13. The molecule has 0 rings (SSSR count). The first-order valence-corrected chi connectivity index (χ1v) is 17.2. The summed E-state index contributed by atoms with van der Waals surface area (Å²) in [5.41, 5.74) is 0. The minimum Gasteiger partial charge on any atom is -0.480 e. The van der Waals surface area contributed by atoms with Gasteiger partial charge in [-0.25, -0.2) is 9.36 Å². The number of carboxylic acids is 1. The SMILES string of the molecule is CCCCCCCC/C=C\CCCCCCCCCC(=O)OCC(O)COP(=O)(O)OCC(NC(=O)CCC)C(=O)O. The third-order valence-corrected chi connectivity index (χ3v) is 7.47. The summed E-state index contributed by atoms with van der Waals surface area (Å²) in [6, 6.07) is -1.54. The molecule has 0 saturated carbocycles.